The van der Waals surface area contributed by atoms with Gasteiger partial charge in [0.2, 0.25) is 0 Å². The summed E-state index contributed by atoms with van der Waals surface area (Å²) in [7, 11) is 1.34. The van der Waals surface area contributed by atoms with Crippen LogP contribution in [0.5, 0.6) is 0 Å². The second-order valence-electron chi connectivity index (χ2n) is 6.02. The van der Waals surface area contributed by atoms with E-state index in [4.69, 9.17) is 4.74 Å². The molecule has 24 heavy (non-hydrogen) atoms. The van der Waals surface area contributed by atoms with Gasteiger partial charge in [-0.15, -0.1) is 0 Å². The zero-order valence-corrected chi connectivity index (χ0v) is 14.1. The van der Waals surface area contributed by atoms with Crippen molar-refractivity contribution in [3.8, 4) is 0 Å². The number of carbonyl (C=O) groups is 2. The highest BCUT2D eigenvalue weighted by Crippen LogP contribution is 2.25. The van der Waals surface area contributed by atoms with Crippen molar-refractivity contribution in [2.75, 3.05) is 20.2 Å². The number of methoxy groups -OCH3 is 1. The number of aromatic amines is 1. The van der Waals surface area contributed by atoms with Gasteiger partial charge in [-0.05, 0) is 32.3 Å². The minimum Gasteiger partial charge on any atom is -0.465 e. The number of amides is 1. The SMILES string of the molecule is COC(=O)c1c(C)[nH]c(C(=O)N2CCC(n3cncn3)CC2)c1C. The van der Waals surface area contributed by atoms with Crippen LogP contribution in [0.25, 0.3) is 0 Å². The Hall–Kier alpha value is -2.64. The van der Waals surface area contributed by atoms with Gasteiger partial charge in [-0.1, -0.05) is 0 Å². The van der Waals surface area contributed by atoms with Gasteiger partial charge in [0.25, 0.3) is 5.91 Å². The number of rotatable bonds is 3. The number of nitrogens with zero attached hydrogens (tertiary/aromatic N) is 4. The van der Waals surface area contributed by atoms with E-state index in [9.17, 15) is 9.59 Å². The Morgan fingerprint density at radius 1 is 1.29 bits per heavy atom. The number of hydrogen-bond acceptors (Lipinski definition) is 5. The first-order chi connectivity index (χ1) is 11.5. The summed E-state index contributed by atoms with van der Waals surface area (Å²) < 4.78 is 6.64. The minimum absolute atomic E-state index is 0.0807. The second-order valence-corrected chi connectivity index (χ2v) is 6.02. The van der Waals surface area contributed by atoms with Crippen LogP contribution < -0.4 is 0 Å². The molecule has 0 aliphatic carbocycles. The third-order valence-electron chi connectivity index (χ3n) is 4.60. The third-order valence-corrected chi connectivity index (χ3v) is 4.60. The summed E-state index contributed by atoms with van der Waals surface area (Å²) in [5.41, 5.74) is 2.20. The molecular weight excluding hydrogens is 310 g/mol. The number of aromatic nitrogens is 4. The summed E-state index contributed by atoms with van der Waals surface area (Å²) in [5.74, 6) is -0.506. The predicted octanol–water partition coefficient (Wildman–Crippen LogP) is 1.49. The van der Waals surface area contributed by atoms with Crippen molar-refractivity contribution in [3.05, 3.63) is 35.2 Å². The van der Waals surface area contributed by atoms with Crippen molar-refractivity contribution < 1.29 is 14.3 Å². The maximum Gasteiger partial charge on any atom is 0.339 e. The molecule has 2 aromatic rings. The highest BCUT2D eigenvalue weighted by atomic mass is 16.5. The van der Waals surface area contributed by atoms with Crippen molar-refractivity contribution in [1.82, 2.24) is 24.6 Å². The van der Waals surface area contributed by atoms with E-state index in [1.165, 1.54) is 13.4 Å². The molecule has 3 rings (SSSR count). The van der Waals surface area contributed by atoms with E-state index in [-0.39, 0.29) is 11.9 Å². The first-order valence-electron chi connectivity index (χ1n) is 7.93. The van der Waals surface area contributed by atoms with Gasteiger partial charge in [0.15, 0.2) is 0 Å². The molecule has 8 heteroatoms. The molecule has 2 aromatic heterocycles. The zero-order valence-electron chi connectivity index (χ0n) is 14.1. The number of carbonyl (C=O) groups excluding carboxylic acids is 2. The molecule has 0 radical (unpaired) electrons. The Morgan fingerprint density at radius 2 is 2.00 bits per heavy atom. The Kier molecular flexibility index (Phi) is 4.37. The van der Waals surface area contributed by atoms with E-state index in [0.717, 1.165) is 12.8 Å². The fraction of sp³-hybridized carbons (Fsp3) is 0.500. The van der Waals surface area contributed by atoms with Crippen molar-refractivity contribution in [2.45, 2.75) is 32.7 Å². The Balaban J connectivity index is 1.73. The fourth-order valence-electron chi connectivity index (χ4n) is 3.27. The molecule has 1 fully saturated rings. The molecule has 1 amide bonds. The van der Waals surface area contributed by atoms with E-state index >= 15 is 0 Å². The molecule has 0 saturated carbocycles. The van der Waals surface area contributed by atoms with Crippen LogP contribution in [0.15, 0.2) is 12.7 Å². The molecule has 1 N–H and O–H groups in total. The summed E-state index contributed by atoms with van der Waals surface area (Å²) in [5, 5.41) is 4.17. The number of H-pyrrole nitrogens is 1. The summed E-state index contributed by atoms with van der Waals surface area (Å²) in [6.45, 7) is 4.83. The van der Waals surface area contributed by atoms with Gasteiger partial charge >= 0.3 is 5.97 Å². The zero-order chi connectivity index (χ0) is 17.3. The molecule has 0 atom stereocenters. The molecule has 0 bridgehead atoms. The minimum atomic E-state index is -0.426. The van der Waals surface area contributed by atoms with Gasteiger partial charge in [0, 0.05) is 18.8 Å². The maximum absolute atomic E-state index is 12.8. The summed E-state index contributed by atoms with van der Waals surface area (Å²) in [4.78, 5) is 33.5. The summed E-state index contributed by atoms with van der Waals surface area (Å²) in [6, 6.07) is 0.272. The van der Waals surface area contributed by atoms with Crippen molar-refractivity contribution in [3.63, 3.8) is 0 Å². The topological polar surface area (TPSA) is 93.1 Å². The average Bonchev–Trinajstić information content (AvgIpc) is 3.22. The smallest absolute Gasteiger partial charge is 0.339 e. The Labute approximate surface area is 139 Å². The quantitative estimate of drug-likeness (QED) is 0.860. The third kappa shape index (κ3) is 2.79. The molecule has 1 aliphatic heterocycles. The van der Waals surface area contributed by atoms with Crippen molar-refractivity contribution in [2.24, 2.45) is 0 Å². The van der Waals surface area contributed by atoms with Gasteiger partial charge in [0.05, 0.1) is 18.7 Å². The molecule has 128 valence electrons. The largest absolute Gasteiger partial charge is 0.465 e. The number of ether oxygens (including phenoxy) is 1. The highest BCUT2D eigenvalue weighted by Gasteiger charge is 2.29. The van der Waals surface area contributed by atoms with Gasteiger partial charge < -0.3 is 14.6 Å². The Morgan fingerprint density at radius 3 is 2.58 bits per heavy atom. The van der Waals surface area contributed by atoms with Gasteiger partial charge in [-0.25, -0.2) is 14.5 Å². The lowest BCUT2D eigenvalue weighted by atomic mass is 10.0. The van der Waals surface area contributed by atoms with Crippen molar-refractivity contribution in [1.29, 1.82) is 0 Å². The van der Waals surface area contributed by atoms with Gasteiger partial charge in [-0.3, -0.25) is 4.79 Å². The fourth-order valence-corrected chi connectivity index (χ4v) is 3.27. The number of hydrogen-bond donors (Lipinski definition) is 1. The molecule has 8 nitrogen and oxygen atoms in total. The first kappa shape index (κ1) is 16.2. The van der Waals surface area contributed by atoms with E-state index in [0.29, 0.717) is 35.6 Å². The molecule has 0 aromatic carbocycles. The van der Waals surface area contributed by atoms with E-state index in [1.807, 2.05) is 9.58 Å². The van der Waals surface area contributed by atoms with Crippen LogP contribution in [0.2, 0.25) is 0 Å². The number of nitrogens with one attached hydrogen (secondary N) is 1. The Bertz CT molecular complexity index is 742. The number of piperidine rings is 1. The molecular formula is C16H21N5O3. The summed E-state index contributed by atoms with van der Waals surface area (Å²) >= 11 is 0. The predicted molar refractivity (Wildman–Crippen MR) is 85.8 cm³/mol. The number of aryl methyl sites for hydroxylation is 1. The van der Waals surface area contributed by atoms with E-state index in [1.54, 1.807) is 20.2 Å². The van der Waals surface area contributed by atoms with Crippen LogP contribution >= 0.6 is 0 Å². The molecule has 0 spiro atoms. The maximum atomic E-state index is 12.8. The second kappa shape index (κ2) is 6.46. The van der Waals surface area contributed by atoms with Crippen molar-refractivity contribution >= 4 is 11.9 Å². The lowest BCUT2D eigenvalue weighted by Crippen LogP contribution is -2.39. The number of esters is 1. The molecule has 0 unspecified atom stereocenters. The standard InChI is InChI=1S/C16H21N5O3/c1-10-13(16(23)24-3)11(2)19-14(10)15(22)20-6-4-12(5-7-20)21-9-17-8-18-21/h8-9,12,19H,4-7H2,1-3H3. The molecule has 3 heterocycles. The van der Waals surface area contributed by atoms with Crippen LogP contribution in [-0.2, 0) is 4.74 Å². The first-order valence-corrected chi connectivity index (χ1v) is 7.93. The van der Waals surface area contributed by atoms with E-state index in [2.05, 4.69) is 15.1 Å². The number of likely N-dealkylation sites (tertiary alicyclic amines) is 1. The highest BCUT2D eigenvalue weighted by molar-refractivity contribution is 6.00. The van der Waals surface area contributed by atoms with Gasteiger partial charge in [-0.2, -0.15) is 5.10 Å². The lowest BCUT2D eigenvalue weighted by molar-refractivity contribution is 0.0599. The van der Waals surface area contributed by atoms with Crippen LogP contribution in [0.1, 0.15) is 51.0 Å². The lowest BCUT2D eigenvalue weighted by Gasteiger charge is -2.31. The van der Waals surface area contributed by atoms with Crippen LogP contribution in [0, 0.1) is 13.8 Å². The van der Waals surface area contributed by atoms with Crippen LogP contribution in [-0.4, -0.2) is 56.7 Å². The van der Waals surface area contributed by atoms with Crippen LogP contribution in [0.3, 0.4) is 0 Å². The normalized spacial score (nSPS) is 15.5. The van der Waals surface area contributed by atoms with E-state index < -0.39 is 5.97 Å². The molecule has 1 aliphatic rings. The van der Waals surface area contributed by atoms with Gasteiger partial charge in [0.1, 0.15) is 18.3 Å². The monoisotopic (exact) mass is 331 g/mol. The summed E-state index contributed by atoms with van der Waals surface area (Å²) in [6.07, 6.45) is 4.90. The van der Waals surface area contributed by atoms with Crippen LogP contribution in [0.4, 0.5) is 0 Å². The average molecular weight is 331 g/mol. The molecule has 1 saturated heterocycles.